The monoisotopic (exact) mass is 240 g/mol. The van der Waals surface area contributed by atoms with Crippen LogP contribution in [0.15, 0.2) is 4.99 Å². The van der Waals surface area contributed by atoms with Gasteiger partial charge in [0.1, 0.15) is 6.67 Å². The van der Waals surface area contributed by atoms with E-state index < -0.39 is 6.09 Å². The van der Waals surface area contributed by atoms with E-state index >= 15 is 0 Å². The minimum absolute atomic E-state index is 0.0174. The molecule has 0 aromatic heterocycles. The highest BCUT2D eigenvalue weighted by molar-refractivity contribution is 5.67. The van der Waals surface area contributed by atoms with Crippen molar-refractivity contribution >= 4 is 12.2 Å². The van der Waals surface area contributed by atoms with E-state index in [2.05, 4.69) is 19.9 Å². The number of isocyanates is 1. The summed E-state index contributed by atoms with van der Waals surface area (Å²) in [6.45, 7) is 6.36. The number of hydrogen-bond acceptors (Lipinski definition) is 6. The molecule has 0 aromatic carbocycles. The van der Waals surface area contributed by atoms with Crippen molar-refractivity contribution in [3.8, 4) is 6.07 Å². The van der Waals surface area contributed by atoms with E-state index in [0.29, 0.717) is 0 Å². The van der Waals surface area contributed by atoms with Crippen molar-refractivity contribution in [1.82, 2.24) is 5.32 Å². The minimum Gasteiger partial charge on any atom is -0.442 e. The van der Waals surface area contributed by atoms with Crippen LogP contribution in [0.3, 0.4) is 0 Å². The first-order chi connectivity index (χ1) is 8.22. The van der Waals surface area contributed by atoms with Gasteiger partial charge in [0.2, 0.25) is 12.6 Å². The van der Waals surface area contributed by atoms with Gasteiger partial charge in [0, 0.05) is 0 Å². The Hall–Kier alpha value is -2.41. The molecule has 8 heteroatoms. The third-order valence-corrected chi connectivity index (χ3v) is 1.03. The summed E-state index contributed by atoms with van der Waals surface area (Å²) in [7, 11) is 0. The highest BCUT2D eigenvalue weighted by Crippen LogP contribution is 1.77. The smallest absolute Gasteiger partial charge is 0.408 e. The number of hydrogen-bond donors (Lipinski definition) is 2. The van der Waals surface area contributed by atoms with Crippen molar-refractivity contribution in [2.45, 2.75) is 6.42 Å². The Labute approximate surface area is 98.3 Å². The zero-order valence-corrected chi connectivity index (χ0v) is 9.05. The molecule has 0 saturated carbocycles. The van der Waals surface area contributed by atoms with Gasteiger partial charge in [0.25, 0.3) is 0 Å². The molecule has 92 valence electrons. The summed E-state index contributed by atoms with van der Waals surface area (Å²) in [5, 5.41) is 17.6. The number of amides is 1. The lowest BCUT2D eigenvalue weighted by Crippen LogP contribution is -2.25. The Balaban J connectivity index is 0. The van der Waals surface area contributed by atoms with Gasteiger partial charge in [-0.15, -0.1) is 0 Å². The first-order valence-electron chi connectivity index (χ1n) is 4.48. The fourth-order valence-corrected chi connectivity index (χ4v) is 0.421. The topological polar surface area (TPSA) is 116 Å². The van der Waals surface area contributed by atoms with E-state index in [1.54, 1.807) is 6.07 Å². The van der Waals surface area contributed by atoms with Crippen LogP contribution in [0, 0.1) is 17.9 Å². The van der Waals surface area contributed by atoms with Crippen LogP contribution in [0.25, 0.3) is 4.85 Å². The predicted molar refractivity (Wildman–Crippen MR) is 56.3 cm³/mol. The molecule has 1 amide bonds. The minimum atomic E-state index is -0.697. The Morgan fingerprint density at radius 3 is 2.76 bits per heavy atom. The van der Waals surface area contributed by atoms with Crippen molar-refractivity contribution in [2.24, 2.45) is 4.99 Å². The summed E-state index contributed by atoms with van der Waals surface area (Å²) in [5.74, 6) is 0. The molecular weight excluding hydrogens is 228 g/mol. The summed E-state index contributed by atoms with van der Waals surface area (Å²) in [5.41, 5.74) is 0. The van der Waals surface area contributed by atoms with Crippen LogP contribution in [-0.2, 0) is 9.53 Å². The second kappa shape index (κ2) is 16.0. The van der Waals surface area contributed by atoms with Crippen LogP contribution in [0.2, 0.25) is 0 Å². The highest BCUT2D eigenvalue weighted by Gasteiger charge is 1.99. The molecule has 0 aliphatic heterocycles. The largest absolute Gasteiger partial charge is 0.442 e. The Morgan fingerprint density at radius 1 is 1.65 bits per heavy atom. The summed E-state index contributed by atoms with van der Waals surface area (Å²) in [4.78, 5) is 26.1. The summed E-state index contributed by atoms with van der Waals surface area (Å²) < 4.78 is 4.48. The molecule has 0 bridgehead atoms. The Morgan fingerprint density at radius 2 is 2.35 bits per heavy atom. The van der Waals surface area contributed by atoms with Crippen LogP contribution >= 0.6 is 0 Å². The third-order valence-electron chi connectivity index (χ3n) is 1.03. The van der Waals surface area contributed by atoms with Gasteiger partial charge in [-0.05, 0) is 0 Å². The fraction of sp³-hybridized carbons (Fsp3) is 0.556. The molecule has 0 saturated heterocycles. The van der Waals surface area contributed by atoms with Gasteiger partial charge in [-0.3, -0.25) is 0 Å². The molecule has 0 fully saturated rings. The van der Waals surface area contributed by atoms with E-state index in [0.717, 1.165) is 0 Å². The second-order valence-electron chi connectivity index (χ2n) is 2.23. The van der Waals surface area contributed by atoms with Gasteiger partial charge in [-0.1, -0.05) is 0 Å². The number of aliphatic imine (C=N–C) groups is 1. The van der Waals surface area contributed by atoms with Gasteiger partial charge in [-0.25, -0.2) is 16.2 Å². The number of carbonyl (C=O) groups is 1. The number of aliphatic hydroxyl groups is 1. The summed E-state index contributed by atoms with van der Waals surface area (Å²) >= 11 is 0. The molecule has 0 aromatic rings. The molecule has 0 unspecified atom stereocenters. The molecule has 0 rings (SSSR count). The van der Waals surface area contributed by atoms with Gasteiger partial charge < -0.3 is 20.0 Å². The van der Waals surface area contributed by atoms with Crippen LogP contribution in [0.4, 0.5) is 4.79 Å². The normalized spacial score (nSPS) is 7.24. The van der Waals surface area contributed by atoms with Crippen molar-refractivity contribution in [3.05, 3.63) is 11.4 Å². The number of carbonyl (C=O) groups excluding carboxylic acids is 2. The van der Waals surface area contributed by atoms with E-state index in [1.807, 2.05) is 0 Å². The number of nitriles is 1. The molecular formula is C9H12N4O4. The first kappa shape index (κ1) is 17.0. The lowest BCUT2D eigenvalue weighted by molar-refractivity contribution is 0.152. The molecule has 0 atom stereocenters. The van der Waals surface area contributed by atoms with Gasteiger partial charge in [0.15, 0.2) is 6.61 Å². The number of nitrogens with one attached hydrogen (secondary N) is 1. The van der Waals surface area contributed by atoms with Crippen LogP contribution in [0.1, 0.15) is 6.42 Å². The maximum absolute atomic E-state index is 10.6. The summed E-state index contributed by atoms with van der Waals surface area (Å²) in [6, 6.07) is 1.77. The number of aliphatic hydroxyl groups excluding tert-OH is 1. The number of rotatable bonds is 5. The standard InChI is InChI=1S/C6H7N3O3.C3H5NO/c1-7-2-3-12-6(11)9-4-8-5-10;4-2-1-3-5/h2-4H2,(H,9,11);5H,1,3H2. The van der Waals surface area contributed by atoms with E-state index in [9.17, 15) is 9.59 Å². The molecule has 2 N–H and O–H groups in total. The second-order valence-corrected chi connectivity index (χ2v) is 2.23. The average molecular weight is 240 g/mol. The predicted octanol–water partition coefficient (Wildman–Crippen LogP) is -0.182. The lowest BCUT2D eigenvalue weighted by atomic mass is 10.5. The van der Waals surface area contributed by atoms with Gasteiger partial charge in [0.05, 0.1) is 19.1 Å². The van der Waals surface area contributed by atoms with Crippen molar-refractivity contribution < 1.29 is 19.4 Å². The Bertz CT molecular complexity index is 325. The molecule has 8 nitrogen and oxygen atoms in total. The number of ether oxygens (including phenoxy) is 1. The molecule has 0 aliphatic rings. The number of nitrogens with zero attached hydrogens (tertiary/aromatic N) is 3. The van der Waals surface area contributed by atoms with Crippen molar-refractivity contribution in [3.63, 3.8) is 0 Å². The Kier molecular flexibility index (Phi) is 16.0. The SMILES string of the molecule is N#CCCO.[C-]#[N+]CCOC(=O)NCN=C=O. The van der Waals surface area contributed by atoms with Crippen molar-refractivity contribution in [1.29, 1.82) is 5.26 Å². The van der Waals surface area contributed by atoms with Gasteiger partial charge >= 0.3 is 6.09 Å². The third kappa shape index (κ3) is 19.8. The molecule has 0 aliphatic carbocycles. The van der Waals surface area contributed by atoms with E-state index in [4.69, 9.17) is 16.9 Å². The molecule has 0 heterocycles. The number of alkyl carbamates (subject to hydrolysis) is 1. The molecule has 17 heavy (non-hydrogen) atoms. The van der Waals surface area contributed by atoms with Crippen LogP contribution in [-0.4, -0.2) is 43.7 Å². The van der Waals surface area contributed by atoms with E-state index in [-0.39, 0.29) is 32.8 Å². The average Bonchev–Trinajstić information content (AvgIpc) is 2.32. The first-order valence-corrected chi connectivity index (χ1v) is 4.48. The molecule has 0 spiro atoms. The maximum atomic E-state index is 10.6. The quantitative estimate of drug-likeness (QED) is 0.299. The fourth-order valence-electron chi connectivity index (χ4n) is 0.421. The van der Waals surface area contributed by atoms with Crippen molar-refractivity contribution in [2.75, 3.05) is 26.4 Å². The van der Waals surface area contributed by atoms with Crippen LogP contribution in [0.5, 0.6) is 0 Å². The van der Waals surface area contributed by atoms with Crippen LogP contribution < -0.4 is 5.32 Å². The zero-order chi connectivity index (χ0) is 13.4. The maximum Gasteiger partial charge on any atom is 0.408 e. The lowest BCUT2D eigenvalue weighted by Gasteiger charge is -1.99. The highest BCUT2D eigenvalue weighted by atomic mass is 16.5. The van der Waals surface area contributed by atoms with Gasteiger partial charge in [-0.2, -0.15) is 10.3 Å². The summed E-state index contributed by atoms with van der Waals surface area (Å²) in [6.07, 6.45) is 0.800. The van der Waals surface area contributed by atoms with E-state index in [1.165, 1.54) is 6.08 Å². The zero-order valence-electron chi connectivity index (χ0n) is 9.05. The molecule has 0 radical (unpaired) electrons.